The molecule has 0 atom stereocenters. The second-order valence-corrected chi connectivity index (χ2v) is 41.6. The van der Waals surface area contributed by atoms with Gasteiger partial charge in [0.25, 0.3) is 0 Å². The molecule has 0 amide bonds. The molecule has 2 N–H and O–H groups in total. The minimum absolute atomic E-state index is 0.144. The molecular weight excluding hydrogens is 2280 g/mol. The molecule has 0 radical (unpaired) electrons. The molecule has 0 unspecified atom stereocenters. The van der Waals surface area contributed by atoms with E-state index in [0.717, 1.165) is 71.8 Å². The topological polar surface area (TPSA) is 127 Å². The summed E-state index contributed by atoms with van der Waals surface area (Å²) in [4.78, 5) is 2.62. The first kappa shape index (κ1) is 101. The Morgan fingerprint density at radius 3 is 0.806 bits per heavy atom. The van der Waals surface area contributed by atoms with E-state index in [1.54, 1.807) is 24.3 Å². The maximum atomic E-state index is 12.6. The van der Waals surface area contributed by atoms with E-state index in [-0.39, 0.29) is 25.8 Å². The Bertz CT molecular complexity index is 7880. The van der Waals surface area contributed by atoms with Crippen molar-refractivity contribution in [2.24, 2.45) is 0 Å². The first-order valence-electron chi connectivity index (χ1n) is 41.8. The van der Waals surface area contributed by atoms with Gasteiger partial charge in [0.1, 0.15) is 11.5 Å². The Labute approximate surface area is 866 Å². The van der Waals surface area contributed by atoms with Crippen molar-refractivity contribution in [2.75, 3.05) is 5.34 Å². The number of rotatable bonds is 11. The molecule has 139 heavy (non-hydrogen) atoms. The third kappa shape index (κ3) is 24.3. The highest BCUT2D eigenvalue weighted by atomic mass is 79.9. The number of phenolic OH excluding ortho intramolecular Hbond substituents is 2. The average molecular weight is 2350 g/mol. The van der Waals surface area contributed by atoms with E-state index < -0.39 is 53.5 Å². The van der Waals surface area contributed by atoms with Crippen LogP contribution in [0.25, 0.3) is 140 Å². The molecule has 0 aliphatic rings. The fraction of sp³-hybridized carbons (Fsp3) is 0.0265. The van der Waals surface area contributed by atoms with E-state index in [1.807, 2.05) is 77.3 Å². The van der Waals surface area contributed by atoms with Gasteiger partial charge in [-0.15, -0.1) is 52.3 Å². The zero-order chi connectivity index (χ0) is 98.3. The number of fused-ring (bicyclic) bond motifs is 8. The molecule has 2 aromatic heterocycles. The van der Waals surface area contributed by atoms with Gasteiger partial charge in [0.05, 0.1) is 23.2 Å². The maximum Gasteiger partial charge on any atom is 0.534 e. The SMILES string of the molecule is Brc1ccc2c(C#Cc3ccc(-c4ccccc4)cc3)c(Br)ccc2c1C#Cc1ccc(-c2ccccc2)cc1.C#Cc1ccc(-c2ccccc2)cc1.ClCCl.O=S(=O)(Oc1c(Br)ccc2c(OS(=O)(=O)C(F)(F)F)c(Br)ccc12)C(F)(F)F.Oc1c(Br)ccc2c(O)c(Br)ccc12.c1ccc(-c2ccc(-c3cc4c(ccc5c6cc(-c7ccc(-c8ccccc8)cc7)sc6ccc45)s3)cc2)cc1. The van der Waals surface area contributed by atoms with Gasteiger partial charge in [0, 0.05) is 88.2 Å². The molecule has 0 aliphatic carbocycles. The molecule has 0 saturated carbocycles. The Morgan fingerprint density at radius 1 is 0.281 bits per heavy atom. The molecule has 0 spiro atoms. The summed E-state index contributed by atoms with van der Waals surface area (Å²) in [7, 11) is -12.3. The number of alkyl halides is 8. The summed E-state index contributed by atoms with van der Waals surface area (Å²) in [6, 6.07) is 128. The van der Waals surface area contributed by atoms with Gasteiger partial charge in [0.15, 0.2) is 11.5 Å². The lowest BCUT2D eigenvalue weighted by atomic mass is 9.99. The Hall–Kier alpha value is -12.3. The fourth-order valence-corrected chi connectivity index (χ4v) is 20.6. The normalized spacial score (nSPS) is 11.2. The highest BCUT2D eigenvalue weighted by Gasteiger charge is 2.50. The molecule has 0 bridgehead atoms. The molecule has 26 heteroatoms. The van der Waals surface area contributed by atoms with Crippen molar-refractivity contribution in [3.05, 3.63) is 437 Å². The second-order valence-electron chi connectivity index (χ2n) is 30.4. The second kappa shape index (κ2) is 45.3. The molecule has 8 nitrogen and oxygen atoms in total. The lowest BCUT2D eigenvalue weighted by Gasteiger charge is -2.16. The van der Waals surface area contributed by atoms with Crippen molar-refractivity contribution >= 4 is 225 Å². The molecular formula is C113H68Br6Cl2F6O8S4. The lowest BCUT2D eigenvalue weighted by Crippen LogP contribution is -2.28. The molecule has 0 aliphatic heterocycles. The zero-order valence-corrected chi connectivity index (χ0v) is 86.2. The van der Waals surface area contributed by atoms with Gasteiger partial charge in [-0.25, -0.2) is 0 Å². The number of hydrogen-bond donors (Lipinski definition) is 2. The van der Waals surface area contributed by atoms with Gasteiger partial charge in [-0.1, -0.05) is 290 Å². The standard InChI is InChI=1S/C38H22Br2.C38H24S2.C14H10.C12H4Br2F6O6S2.C10H6Br2O2.CH2Cl2/c39-37-25-24-34-33(35(37)21-15-27-11-17-31(18-12-27)29-7-3-1-4-8-29)23-26-38(40)36(34)22-16-28-13-19-32(20-14-28)30-9-5-2-6-10-30;1-3-7-25(8-4-1)27-11-15-29(16-12-27)37-23-33-31-20-22-36-34(32(31)19-21-35(33)39-37)24-38(40-36)30-17-13-28(14-18-30)26-9-5-2-6-10-26;1-2-12-8-10-14(11-9-12)13-6-4-3-5-7-13;13-7-3-1-5-6(10(7)26-28(23,24)12(18,19)20)2-4-8(14)9(5)25-27(21,22)11(15,16)17;11-7-3-1-5-6(10(7)14)2-4-8(12)9(5)13;2-1-3/h1-14,17-20,23-26H;1-24H;1,3-11H;1-4H;1-4,13-14H;1H2. The Morgan fingerprint density at radius 2 is 0.518 bits per heavy atom. The number of hydrogen-bond acceptors (Lipinski definition) is 10. The summed E-state index contributed by atoms with van der Waals surface area (Å²) >= 11 is 32.7. The minimum Gasteiger partial charge on any atom is -0.506 e. The summed E-state index contributed by atoms with van der Waals surface area (Å²) < 4.78 is 134. The first-order valence-corrected chi connectivity index (χ1v) is 52.0. The van der Waals surface area contributed by atoms with Crippen LogP contribution in [-0.2, 0) is 20.2 Å². The van der Waals surface area contributed by atoms with E-state index in [1.165, 1.54) is 107 Å². The summed E-state index contributed by atoms with van der Waals surface area (Å²) in [6.45, 7) is 0. The Kier molecular flexibility index (Phi) is 33.0. The maximum absolute atomic E-state index is 12.6. The molecule has 20 aromatic rings. The fourth-order valence-electron chi connectivity index (χ4n) is 14.8. The van der Waals surface area contributed by atoms with Crippen molar-refractivity contribution in [3.8, 4) is 136 Å². The van der Waals surface area contributed by atoms with Crippen LogP contribution in [0.1, 0.15) is 27.8 Å². The monoisotopic (exact) mass is 2340 g/mol. The van der Waals surface area contributed by atoms with Crippen molar-refractivity contribution in [3.63, 3.8) is 0 Å². The van der Waals surface area contributed by atoms with E-state index >= 15 is 0 Å². The number of thiophene rings is 2. The summed E-state index contributed by atoms with van der Waals surface area (Å²) in [5, 5.41) is 27.4. The van der Waals surface area contributed by atoms with Crippen LogP contribution in [-0.4, -0.2) is 43.4 Å². The number of halogens is 14. The van der Waals surface area contributed by atoms with Gasteiger partial charge in [0.2, 0.25) is 0 Å². The smallest absolute Gasteiger partial charge is 0.506 e. The van der Waals surface area contributed by atoms with Gasteiger partial charge < -0.3 is 18.6 Å². The molecule has 0 fully saturated rings. The molecule has 0 saturated heterocycles. The van der Waals surface area contributed by atoms with Crippen LogP contribution < -0.4 is 8.37 Å². The first-order chi connectivity index (χ1) is 66.9. The summed E-state index contributed by atoms with van der Waals surface area (Å²) in [5.41, 5.74) is 7.92. The molecule has 690 valence electrons. The molecule has 20 rings (SSSR count). The van der Waals surface area contributed by atoms with Gasteiger partial charge in [-0.05, 0) is 305 Å². The minimum atomic E-state index is -6.13. The number of benzene rings is 18. The van der Waals surface area contributed by atoms with Crippen LogP contribution in [0, 0.1) is 36.0 Å². The number of aromatic hydroxyl groups is 2. The van der Waals surface area contributed by atoms with E-state index in [2.05, 4.69) is 413 Å². The van der Waals surface area contributed by atoms with E-state index in [4.69, 9.17) is 29.6 Å². The van der Waals surface area contributed by atoms with Crippen molar-refractivity contribution in [1.82, 2.24) is 0 Å². The summed E-state index contributed by atoms with van der Waals surface area (Å²) in [6.07, 6.45) is 5.29. The van der Waals surface area contributed by atoms with Crippen LogP contribution in [0.2, 0.25) is 0 Å². The quantitative estimate of drug-likeness (QED) is 0.0431. The third-order valence-electron chi connectivity index (χ3n) is 21.7. The van der Waals surface area contributed by atoms with Crippen LogP contribution in [0.4, 0.5) is 26.3 Å². The number of phenols is 2. The van der Waals surface area contributed by atoms with Crippen molar-refractivity contribution in [1.29, 1.82) is 0 Å². The zero-order valence-electron chi connectivity index (χ0n) is 71.9. The highest BCUT2D eigenvalue weighted by molar-refractivity contribution is 9.11. The van der Waals surface area contributed by atoms with Crippen molar-refractivity contribution in [2.45, 2.75) is 11.0 Å². The van der Waals surface area contributed by atoms with Crippen LogP contribution in [0.3, 0.4) is 0 Å². The van der Waals surface area contributed by atoms with Gasteiger partial charge >= 0.3 is 31.3 Å². The third-order valence-corrected chi connectivity index (χ3v) is 29.7. The molecule has 18 aromatic carbocycles. The van der Waals surface area contributed by atoms with E-state index in [9.17, 15) is 53.4 Å². The van der Waals surface area contributed by atoms with Crippen LogP contribution >= 0.6 is 141 Å². The number of terminal acetylenes is 1. The predicted octanol–water partition coefficient (Wildman–Crippen LogP) is 35.8. The highest BCUT2D eigenvalue weighted by Crippen LogP contribution is 2.48. The Balaban J connectivity index is 0.000000138. The largest absolute Gasteiger partial charge is 0.534 e. The predicted molar refractivity (Wildman–Crippen MR) is 581 cm³/mol. The average Bonchev–Trinajstić information content (AvgIpc) is 1.49. The molecule has 2 heterocycles. The van der Waals surface area contributed by atoms with Crippen LogP contribution in [0.5, 0.6) is 23.0 Å². The van der Waals surface area contributed by atoms with Crippen LogP contribution in [0.15, 0.2) is 409 Å². The van der Waals surface area contributed by atoms with E-state index in [0.29, 0.717) is 19.7 Å². The lowest BCUT2D eigenvalue weighted by molar-refractivity contribution is -0.0505. The van der Waals surface area contributed by atoms with Gasteiger partial charge in [-0.2, -0.15) is 43.2 Å². The van der Waals surface area contributed by atoms with Gasteiger partial charge in [-0.3, -0.25) is 0 Å². The van der Waals surface area contributed by atoms with Crippen molar-refractivity contribution < 1.29 is 61.8 Å². The summed E-state index contributed by atoms with van der Waals surface area (Å²) in [5.74, 6) is 14.6.